The van der Waals surface area contributed by atoms with Crippen molar-refractivity contribution >= 4 is 11.8 Å². The number of amides is 2. The molecule has 0 unspecified atom stereocenters. The van der Waals surface area contributed by atoms with E-state index in [2.05, 4.69) is 21.9 Å². The summed E-state index contributed by atoms with van der Waals surface area (Å²) in [6, 6.07) is 15.3. The molecule has 28 heavy (non-hydrogen) atoms. The Hall–Kier alpha value is -2.70. The first-order chi connectivity index (χ1) is 13.7. The number of fused-ring (bicyclic) bond motifs is 1. The van der Waals surface area contributed by atoms with Crippen molar-refractivity contribution in [3.8, 4) is 5.75 Å². The predicted octanol–water partition coefficient (Wildman–Crippen LogP) is 2.11. The van der Waals surface area contributed by atoms with Crippen LogP contribution in [0.3, 0.4) is 0 Å². The molecule has 2 amide bonds. The van der Waals surface area contributed by atoms with E-state index in [9.17, 15) is 9.59 Å². The first-order valence-electron chi connectivity index (χ1n) is 9.68. The van der Waals surface area contributed by atoms with Crippen molar-refractivity contribution in [2.75, 3.05) is 46.4 Å². The van der Waals surface area contributed by atoms with Gasteiger partial charge in [-0.15, -0.1) is 0 Å². The van der Waals surface area contributed by atoms with Crippen molar-refractivity contribution in [1.29, 1.82) is 0 Å². The Kier molecular flexibility index (Phi) is 5.41. The van der Waals surface area contributed by atoms with Crippen LogP contribution in [0, 0.1) is 0 Å². The minimum absolute atomic E-state index is 0.168. The van der Waals surface area contributed by atoms with Gasteiger partial charge in [0.15, 0.2) is 0 Å². The van der Waals surface area contributed by atoms with Crippen LogP contribution in [-0.4, -0.2) is 72.9 Å². The molecule has 1 saturated heterocycles. The SMILES string of the molecule is COc1ccc(CN2CCN(CCN3C(=O)c4ccccc4C3=O)CC2)cc1. The number of hydrogen-bond acceptors (Lipinski definition) is 5. The van der Waals surface area contributed by atoms with Crippen LogP contribution in [0.2, 0.25) is 0 Å². The largest absolute Gasteiger partial charge is 0.497 e. The summed E-state index contributed by atoms with van der Waals surface area (Å²) in [6.45, 7) is 5.95. The molecule has 2 aliphatic heterocycles. The van der Waals surface area contributed by atoms with Gasteiger partial charge in [0.2, 0.25) is 0 Å². The fourth-order valence-electron chi connectivity index (χ4n) is 3.84. The van der Waals surface area contributed by atoms with E-state index in [1.54, 1.807) is 31.4 Å². The average Bonchev–Trinajstić information content (AvgIpc) is 2.98. The van der Waals surface area contributed by atoms with Crippen LogP contribution >= 0.6 is 0 Å². The number of piperazine rings is 1. The van der Waals surface area contributed by atoms with E-state index >= 15 is 0 Å². The summed E-state index contributed by atoms with van der Waals surface area (Å²) < 4.78 is 5.21. The van der Waals surface area contributed by atoms with Crippen molar-refractivity contribution in [3.05, 3.63) is 65.2 Å². The van der Waals surface area contributed by atoms with Gasteiger partial charge < -0.3 is 4.74 Å². The van der Waals surface area contributed by atoms with Gasteiger partial charge in [0, 0.05) is 45.8 Å². The van der Waals surface area contributed by atoms with Crippen molar-refractivity contribution < 1.29 is 14.3 Å². The van der Waals surface area contributed by atoms with Crippen molar-refractivity contribution in [1.82, 2.24) is 14.7 Å². The van der Waals surface area contributed by atoms with Gasteiger partial charge in [-0.25, -0.2) is 0 Å². The van der Waals surface area contributed by atoms with Gasteiger partial charge in [-0.2, -0.15) is 0 Å². The van der Waals surface area contributed by atoms with Crippen molar-refractivity contribution in [3.63, 3.8) is 0 Å². The normalized spacial score (nSPS) is 17.8. The van der Waals surface area contributed by atoms with Gasteiger partial charge in [-0.1, -0.05) is 24.3 Å². The summed E-state index contributed by atoms with van der Waals surface area (Å²) in [5.41, 5.74) is 2.33. The maximum Gasteiger partial charge on any atom is 0.261 e. The van der Waals surface area contributed by atoms with Gasteiger partial charge in [0.05, 0.1) is 18.2 Å². The molecule has 0 aromatic heterocycles. The Labute approximate surface area is 165 Å². The maximum absolute atomic E-state index is 12.5. The Morgan fingerprint density at radius 2 is 1.36 bits per heavy atom. The molecule has 0 atom stereocenters. The molecule has 2 heterocycles. The fraction of sp³-hybridized carbons (Fsp3) is 0.364. The van der Waals surface area contributed by atoms with Gasteiger partial charge in [0.1, 0.15) is 5.75 Å². The molecular formula is C22H25N3O3. The molecule has 0 spiro atoms. The summed E-state index contributed by atoms with van der Waals surface area (Å²) in [6.07, 6.45) is 0. The monoisotopic (exact) mass is 379 g/mol. The van der Waals surface area contributed by atoms with E-state index in [1.165, 1.54) is 10.5 Å². The second-order valence-electron chi connectivity index (χ2n) is 7.27. The van der Waals surface area contributed by atoms with Gasteiger partial charge in [-0.05, 0) is 29.8 Å². The molecular weight excluding hydrogens is 354 g/mol. The number of imide groups is 1. The molecule has 2 aromatic carbocycles. The zero-order chi connectivity index (χ0) is 19.5. The quantitative estimate of drug-likeness (QED) is 0.720. The first-order valence-corrected chi connectivity index (χ1v) is 9.68. The topological polar surface area (TPSA) is 53.1 Å². The number of carbonyl (C=O) groups is 2. The van der Waals surface area contributed by atoms with Crippen LogP contribution < -0.4 is 4.74 Å². The Bertz CT molecular complexity index is 823. The first kappa shape index (κ1) is 18.7. The highest BCUT2D eigenvalue weighted by molar-refractivity contribution is 6.21. The molecule has 1 fully saturated rings. The minimum Gasteiger partial charge on any atom is -0.497 e. The van der Waals surface area contributed by atoms with E-state index in [4.69, 9.17) is 4.74 Å². The van der Waals surface area contributed by atoms with Gasteiger partial charge >= 0.3 is 0 Å². The van der Waals surface area contributed by atoms with Crippen LogP contribution in [0.4, 0.5) is 0 Å². The number of carbonyl (C=O) groups excluding carboxylic acids is 2. The molecule has 4 rings (SSSR count). The summed E-state index contributed by atoms with van der Waals surface area (Å²) in [5, 5.41) is 0. The van der Waals surface area contributed by atoms with Crippen LogP contribution in [0.25, 0.3) is 0 Å². The fourth-order valence-corrected chi connectivity index (χ4v) is 3.84. The molecule has 0 N–H and O–H groups in total. The van der Waals surface area contributed by atoms with E-state index in [1.807, 2.05) is 12.1 Å². The lowest BCUT2D eigenvalue weighted by Gasteiger charge is -2.35. The smallest absolute Gasteiger partial charge is 0.261 e. The van der Waals surface area contributed by atoms with E-state index < -0.39 is 0 Å². The number of rotatable bonds is 6. The Morgan fingerprint density at radius 1 is 0.786 bits per heavy atom. The van der Waals surface area contributed by atoms with E-state index in [-0.39, 0.29) is 11.8 Å². The molecule has 146 valence electrons. The second-order valence-corrected chi connectivity index (χ2v) is 7.27. The third-order valence-electron chi connectivity index (χ3n) is 5.55. The second kappa shape index (κ2) is 8.12. The zero-order valence-corrected chi connectivity index (χ0v) is 16.1. The number of methoxy groups -OCH3 is 1. The third kappa shape index (κ3) is 3.79. The maximum atomic E-state index is 12.5. The highest BCUT2D eigenvalue weighted by atomic mass is 16.5. The number of benzene rings is 2. The standard InChI is InChI=1S/C22H25N3O3/c1-28-18-8-6-17(7-9-18)16-24-12-10-23(11-13-24)14-15-25-21(26)19-4-2-3-5-20(19)22(25)27/h2-9H,10-16H2,1H3. The number of nitrogens with zero attached hydrogens (tertiary/aromatic N) is 3. The summed E-state index contributed by atoms with van der Waals surface area (Å²) >= 11 is 0. The lowest BCUT2D eigenvalue weighted by Crippen LogP contribution is -2.48. The summed E-state index contributed by atoms with van der Waals surface area (Å²) in [4.78, 5) is 31.0. The summed E-state index contributed by atoms with van der Waals surface area (Å²) in [7, 11) is 1.68. The third-order valence-corrected chi connectivity index (χ3v) is 5.55. The highest BCUT2D eigenvalue weighted by Crippen LogP contribution is 2.22. The molecule has 0 saturated carbocycles. The summed E-state index contributed by atoms with van der Waals surface area (Å²) in [5.74, 6) is 0.541. The molecule has 0 aliphatic carbocycles. The molecule has 0 radical (unpaired) electrons. The van der Waals surface area contributed by atoms with E-state index in [0.29, 0.717) is 17.7 Å². The number of hydrogen-bond donors (Lipinski definition) is 0. The van der Waals surface area contributed by atoms with Crippen LogP contribution in [0.5, 0.6) is 5.75 Å². The van der Waals surface area contributed by atoms with Gasteiger partial charge in [0.25, 0.3) is 11.8 Å². The lowest BCUT2D eigenvalue weighted by atomic mass is 10.1. The Balaban J connectivity index is 1.25. The lowest BCUT2D eigenvalue weighted by molar-refractivity contribution is 0.0612. The molecule has 6 nitrogen and oxygen atoms in total. The van der Waals surface area contributed by atoms with E-state index in [0.717, 1.165) is 45.0 Å². The van der Waals surface area contributed by atoms with Crippen molar-refractivity contribution in [2.24, 2.45) is 0 Å². The van der Waals surface area contributed by atoms with Crippen LogP contribution in [-0.2, 0) is 6.54 Å². The molecule has 6 heteroatoms. The van der Waals surface area contributed by atoms with Crippen LogP contribution in [0.1, 0.15) is 26.3 Å². The average molecular weight is 379 g/mol. The minimum atomic E-state index is -0.168. The molecule has 2 aliphatic rings. The highest BCUT2D eigenvalue weighted by Gasteiger charge is 2.35. The van der Waals surface area contributed by atoms with Crippen LogP contribution in [0.15, 0.2) is 48.5 Å². The number of ether oxygens (including phenoxy) is 1. The predicted molar refractivity (Wildman–Crippen MR) is 107 cm³/mol. The van der Waals surface area contributed by atoms with Crippen molar-refractivity contribution in [2.45, 2.75) is 6.54 Å². The molecule has 0 bridgehead atoms. The van der Waals surface area contributed by atoms with Gasteiger partial charge in [-0.3, -0.25) is 24.3 Å². The molecule has 2 aromatic rings. The Morgan fingerprint density at radius 3 is 1.93 bits per heavy atom. The zero-order valence-electron chi connectivity index (χ0n) is 16.1.